The molecule has 1 amide bonds. The summed E-state index contributed by atoms with van der Waals surface area (Å²) < 4.78 is 65.2. The molecule has 0 aliphatic rings. The van der Waals surface area contributed by atoms with Crippen LogP contribution in [0.3, 0.4) is 0 Å². The fourth-order valence-corrected chi connectivity index (χ4v) is 3.73. The van der Waals surface area contributed by atoms with Gasteiger partial charge in [0.05, 0.1) is 17.0 Å². The van der Waals surface area contributed by atoms with E-state index in [4.69, 9.17) is 11.6 Å². The number of alkyl halides is 3. The first-order chi connectivity index (χ1) is 12.4. The molecule has 2 aromatic rings. The molecule has 146 valence electrons. The van der Waals surface area contributed by atoms with E-state index >= 15 is 0 Å². The number of hydrogen-bond acceptors (Lipinski definition) is 3. The summed E-state index contributed by atoms with van der Waals surface area (Å²) >= 11 is 5.57. The van der Waals surface area contributed by atoms with Gasteiger partial charge in [0.15, 0.2) is 0 Å². The Morgan fingerprint density at radius 2 is 1.74 bits per heavy atom. The maximum Gasteiger partial charge on any atom is 0.417 e. The number of nitrogens with zero attached hydrogens (tertiary/aromatic N) is 1. The van der Waals surface area contributed by atoms with Crippen LogP contribution in [0.4, 0.5) is 18.9 Å². The molecule has 5 nitrogen and oxygen atoms in total. The van der Waals surface area contributed by atoms with Gasteiger partial charge in [0, 0.05) is 17.8 Å². The number of carbonyl (C=O) groups excluding carboxylic acids is 1. The smallest absolute Gasteiger partial charge is 0.325 e. The molecule has 0 radical (unpaired) electrons. The SMILES string of the molecule is Cc1ccc(NC(=O)CN(C)S(=O)(=O)c2ccc(Cl)cc2C(F)(F)F)cc1. The summed E-state index contributed by atoms with van der Waals surface area (Å²) in [5, 5.41) is 2.24. The van der Waals surface area contributed by atoms with Gasteiger partial charge >= 0.3 is 6.18 Å². The van der Waals surface area contributed by atoms with Crippen LogP contribution in [0.5, 0.6) is 0 Å². The molecular weight excluding hydrogens is 405 g/mol. The van der Waals surface area contributed by atoms with Crippen molar-refractivity contribution in [3.63, 3.8) is 0 Å². The largest absolute Gasteiger partial charge is 0.417 e. The van der Waals surface area contributed by atoms with Crippen molar-refractivity contribution < 1.29 is 26.4 Å². The number of aryl methyl sites for hydroxylation is 1. The Morgan fingerprint density at radius 1 is 1.15 bits per heavy atom. The molecule has 0 saturated heterocycles. The van der Waals surface area contributed by atoms with E-state index < -0.39 is 39.1 Å². The quantitative estimate of drug-likeness (QED) is 0.797. The van der Waals surface area contributed by atoms with Crippen LogP contribution in [0.25, 0.3) is 0 Å². The molecule has 0 bridgehead atoms. The van der Waals surface area contributed by atoms with E-state index in [0.29, 0.717) is 16.1 Å². The molecule has 10 heteroatoms. The highest BCUT2D eigenvalue weighted by Gasteiger charge is 2.39. The van der Waals surface area contributed by atoms with E-state index in [-0.39, 0.29) is 5.02 Å². The topological polar surface area (TPSA) is 66.5 Å². The minimum Gasteiger partial charge on any atom is -0.325 e. The lowest BCUT2D eigenvalue weighted by Crippen LogP contribution is -2.35. The van der Waals surface area contributed by atoms with Gasteiger partial charge in [-0.25, -0.2) is 8.42 Å². The number of halogens is 4. The Morgan fingerprint density at radius 3 is 2.30 bits per heavy atom. The number of anilines is 1. The fourth-order valence-electron chi connectivity index (χ4n) is 2.24. The first kappa shape index (κ1) is 21.2. The first-order valence-electron chi connectivity index (χ1n) is 7.61. The third-order valence-electron chi connectivity index (χ3n) is 3.64. The van der Waals surface area contributed by atoms with Gasteiger partial charge in [0.25, 0.3) is 0 Å². The second kappa shape index (κ2) is 7.87. The number of benzene rings is 2. The second-order valence-electron chi connectivity index (χ2n) is 5.81. The average molecular weight is 421 g/mol. The van der Waals surface area contributed by atoms with Gasteiger partial charge in [0.1, 0.15) is 0 Å². The van der Waals surface area contributed by atoms with Gasteiger partial charge < -0.3 is 5.32 Å². The van der Waals surface area contributed by atoms with Gasteiger partial charge in [-0.2, -0.15) is 17.5 Å². The number of sulfonamides is 1. The predicted molar refractivity (Wildman–Crippen MR) is 96.1 cm³/mol. The molecule has 0 unspecified atom stereocenters. The maximum atomic E-state index is 13.2. The van der Waals surface area contributed by atoms with E-state index in [2.05, 4.69) is 5.32 Å². The lowest BCUT2D eigenvalue weighted by atomic mass is 10.2. The Labute approximate surface area is 159 Å². The number of hydrogen-bond donors (Lipinski definition) is 1. The van der Waals surface area contributed by atoms with Crippen LogP contribution in [0.2, 0.25) is 5.02 Å². The summed E-state index contributed by atoms with van der Waals surface area (Å²) in [7, 11) is -3.54. The average Bonchev–Trinajstić information content (AvgIpc) is 2.55. The van der Waals surface area contributed by atoms with Crippen LogP contribution in [0.1, 0.15) is 11.1 Å². The van der Waals surface area contributed by atoms with Crippen LogP contribution in [0.15, 0.2) is 47.4 Å². The highest BCUT2D eigenvalue weighted by atomic mass is 35.5. The van der Waals surface area contributed by atoms with Crippen molar-refractivity contribution >= 4 is 33.2 Å². The van der Waals surface area contributed by atoms with Crippen molar-refractivity contribution in [2.75, 3.05) is 18.9 Å². The van der Waals surface area contributed by atoms with Crippen LogP contribution < -0.4 is 5.32 Å². The first-order valence-corrected chi connectivity index (χ1v) is 9.42. The second-order valence-corrected chi connectivity index (χ2v) is 8.26. The molecule has 0 aliphatic carbocycles. The van der Waals surface area contributed by atoms with E-state index in [0.717, 1.165) is 24.7 Å². The normalized spacial score (nSPS) is 12.3. The van der Waals surface area contributed by atoms with Crippen molar-refractivity contribution in [3.05, 3.63) is 58.6 Å². The molecule has 0 aromatic heterocycles. The number of likely N-dealkylation sites (N-methyl/N-ethyl adjacent to an activating group) is 1. The molecule has 2 rings (SSSR count). The van der Waals surface area contributed by atoms with E-state index in [1.54, 1.807) is 24.3 Å². The minimum absolute atomic E-state index is 0.249. The summed E-state index contributed by atoms with van der Waals surface area (Å²) in [6, 6.07) is 9.11. The molecule has 1 N–H and O–H groups in total. The molecule has 27 heavy (non-hydrogen) atoms. The molecule has 0 saturated carbocycles. The Bertz CT molecular complexity index is 945. The summed E-state index contributed by atoms with van der Waals surface area (Å²) in [5.41, 5.74) is 0.0229. The minimum atomic E-state index is -4.92. The molecule has 2 aromatic carbocycles. The van der Waals surface area contributed by atoms with Gasteiger partial charge in [-0.1, -0.05) is 29.3 Å². The number of carbonyl (C=O) groups is 1. The molecule has 0 fully saturated rings. The molecule has 0 atom stereocenters. The molecule has 0 heterocycles. The van der Waals surface area contributed by atoms with E-state index in [1.165, 1.54) is 0 Å². The van der Waals surface area contributed by atoms with Gasteiger partial charge in [-0.15, -0.1) is 0 Å². The van der Waals surface area contributed by atoms with Gasteiger partial charge in [-0.05, 0) is 37.3 Å². The van der Waals surface area contributed by atoms with Crippen LogP contribution in [0, 0.1) is 6.92 Å². The highest BCUT2D eigenvalue weighted by molar-refractivity contribution is 7.89. The van der Waals surface area contributed by atoms with Crippen LogP contribution >= 0.6 is 11.6 Å². The summed E-state index contributed by atoms with van der Waals surface area (Å²) in [6.07, 6.45) is -4.92. The number of amides is 1. The van der Waals surface area contributed by atoms with Crippen molar-refractivity contribution in [2.24, 2.45) is 0 Å². The highest BCUT2D eigenvalue weighted by Crippen LogP contribution is 2.36. The number of rotatable bonds is 5. The third-order valence-corrected chi connectivity index (χ3v) is 5.73. The Hall–Kier alpha value is -2.10. The maximum absolute atomic E-state index is 13.2. The lowest BCUT2D eigenvalue weighted by molar-refractivity contribution is -0.139. The summed E-state index contributed by atoms with van der Waals surface area (Å²) in [6.45, 7) is 1.20. The molecular formula is C17H16ClF3N2O3S. The lowest BCUT2D eigenvalue weighted by Gasteiger charge is -2.20. The fraction of sp³-hybridized carbons (Fsp3) is 0.235. The predicted octanol–water partition coefficient (Wildman–Crippen LogP) is 3.93. The van der Waals surface area contributed by atoms with Gasteiger partial charge in [-0.3, -0.25) is 4.79 Å². The molecule has 0 spiro atoms. The van der Waals surface area contributed by atoms with Crippen molar-refractivity contribution in [3.8, 4) is 0 Å². The van der Waals surface area contributed by atoms with Crippen LogP contribution in [-0.4, -0.2) is 32.2 Å². The van der Waals surface area contributed by atoms with E-state index in [9.17, 15) is 26.4 Å². The van der Waals surface area contributed by atoms with Crippen molar-refractivity contribution in [1.82, 2.24) is 4.31 Å². The van der Waals surface area contributed by atoms with Crippen LogP contribution in [-0.2, 0) is 21.0 Å². The summed E-state index contributed by atoms with van der Waals surface area (Å²) in [4.78, 5) is 11.1. The zero-order chi connectivity index (χ0) is 20.4. The number of nitrogens with one attached hydrogen (secondary N) is 1. The van der Waals surface area contributed by atoms with E-state index in [1.807, 2.05) is 6.92 Å². The van der Waals surface area contributed by atoms with Crippen molar-refractivity contribution in [1.29, 1.82) is 0 Å². The standard InChI is InChI=1S/C17H16ClF3N2O3S/c1-11-3-6-13(7-4-11)22-16(24)10-23(2)27(25,26)15-8-5-12(18)9-14(15)17(19,20)21/h3-9H,10H2,1-2H3,(H,22,24). The zero-order valence-electron chi connectivity index (χ0n) is 14.3. The Balaban J connectivity index is 2.24. The monoisotopic (exact) mass is 420 g/mol. The zero-order valence-corrected chi connectivity index (χ0v) is 15.9. The summed E-state index contributed by atoms with van der Waals surface area (Å²) in [5.74, 6) is -0.688. The van der Waals surface area contributed by atoms with Gasteiger partial charge in [0.2, 0.25) is 15.9 Å². The third kappa shape index (κ3) is 5.21. The Kier molecular flexibility index (Phi) is 6.18. The van der Waals surface area contributed by atoms with Crippen molar-refractivity contribution in [2.45, 2.75) is 18.0 Å². The molecule has 0 aliphatic heterocycles.